The second-order valence-electron chi connectivity index (χ2n) is 9.11. The number of quaternary nitrogens is 1. The highest BCUT2D eigenvalue weighted by molar-refractivity contribution is 5.89. The Kier molecular flexibility index (Phi) is 2.63. The van der Waals surface area contributed by atoms with E-state index in [0.717, 1.165) is 24.0 Å². The van der Waals surface area contributed by atoms with Crippen LogP contribution in [-0.4, -0.2) is 56.7 Å². The maximum absolute atomic E-state index is 12.7. The molecule has 2 heterocycles. The molecule has 5 aliphatic rings. The second-order valence-corrected chi connectivity index (χ2v) is 9.11. The Labute approximate surface area is 151 Å². The third-order valence-corrected chi connectivity index (χ3v) is 7.88. The lowest BCUT2D eigenvalue weighted by Crippen LogP contribution is -2.81. The molecule has 6 nitrogen and oxygen atoms in total. The van der Waals surface area contributed by atoms with Crippen molar-refractivity contribution in [3.63, 3.8) is 0 Å². The van der Waals surface area contributed by atoms with Crippen LogP contribution in [0.3, 0.4) is 0 Å². The van der Waals surface area contributed by atoms with Gasteiger partial charge in [0.25, 0.3) is 0 Å². The molecule has 1 aromatic rings. The number of piperidine rings is 1. The summed E-state index contributed by atoms with van der Waals surface area (Å²) in [7, 11) is 0. The van der Waals surface area contributed by atoms with E-state index >= 15 is 0 Å². The number of likely N-dealkylation sites (tertiary alicyclic amines) is 1. The summed E-state index contributed by atoms with van der Waals surface area (Å²) in [4.78, 5) is 12.7. The van der Waals surface area contributed by atoms with Crippen LogP contribution in [0.1, 0.15) is 43.2 Å². The quantitative estimate of drug-likeness (QED) is 0.696. The Balaban J connectivity index is 1.60. The number of carbonyl (C=O) groups excluding carboxylic acids is 1. The molecule has 1 aromatic carbocycles. The van der Waals surface area contributed by atoms with Gasteiger partial charge in [-0.1, -0.05) is 6.07 Å². The molecule has 5 atom stereocenters. The summed E-state index contributed by atoms with van der Waals surface area (Å²) >= 11 is 0. The molecule has 138 valence electrons. The molecule has 2 saturated carbocycles. The molecule has 26 heavy (non-hydrogen) atoms. The summed E-state index contributed by atoms with van der Waals surface area (Å²) in [5.41, 5.74) is -0.189. The summed E-state index contributed by atoms with van der Waals surface area (Å²) < 4.78 is 5.90. The van der Waals surface area contributed by atoms with E-state index in [9.17, 15) is 20.2 Å². The summed E-state index contributed by atoms with van der Waals surface area (Å²) in [5, 5.41) is 33.9. The highest BCUT2D eigenvalue weighted by Gasteiger charge is 2.77. The van der Waals surface area contributed by atoms with Crippen LogP contribution in [0.15, 0.2) is 12.1 Å². The number of rotatable bonds is 2. The van der Waals surface area contributed by atoms with Crippen LogP contribution in [-0.2, 0) is 16.6 Å². The molecule has 0 radical (unpaired) electrons. The number of ketones is 1. The maximum atomic E-state index is 12.7. The number of aromatic hydroxyl groups is 1. The molecule has 1 spiro atoms. The first-order chi connectivity index (χ1) is 12.4. The average molecular weight is 358 g/mol. The molecule has 2 aliphatic heterocycles. The van der Waals surface area contributed by atoms with Crippen molar-refractivity contribution in [2.45, 2.75) is 61.7 Å². The minimum absolute atomic E-state index is 0.00277. The van der Waals surface area contributed by atoms with E-state index in [1.165, 1.54) is 0 Å². The fraction of sp³-hybridized carbons (Fsp3) is 0.650. The van der Waals surface area contributed by atoms with Crippen molar-refractivity contribution in [1.29, 1.82) is 0 Å². The van der Waals surface area contributed by atoms with Gasteiger partial charge in [-0.05, 0) is 30.9 Å². The summed E-state index contributed by atoms with van der Waals surface area (Å²) in [6.45, 7) is 1.20. The van der Waals surface area contributed by atoms with Crippen molar-refractivity contribution in [3.8, 4) is 11.5 Å². The minimum atomic E-state index is -1.18. The molecule has 0 aromatic heterocycles. The van der Waals surface area contributed by atoms with Gasteiger partial charge in [0.1, 0.15) is 18.7 Å². The summed E-state index contributed by atoms with van der Waals surface area (Å²) in [6, 6.07) is 3.14. The Morgan fingerprint density at radius 1 is 1.27 bits per heavy atom. The van der Waals surface area contributed by atoms with Crippen LogP contribution >= 0.6 is 0 Å². The molecule has 3 fully saturated rings. The number of nitrogens with zero attached hydrogens (tertiary/aromatic N) is 1. The first-order valence-corrected chi connectivity index (χ1v) is 9.76. The van der Waals surface area contributed by atoms with Crippen LogP contribution in [0.25, 0.3) is 0 Å². The van der Waals surface area contributed by atoms with E-state index in [1.54, 1.807) is 6.07 Å². The number of carbonyl (C=O) groups is 1. The lowest BCUT2D eigenvalue weighted by Gasteiger charge is -2.62. The highest BCUT2D eigenvalue weighted by atomic mass is 16.6. The van der Waals surface area contributed by atoms with Crippen molar-refractivity contribution in [2.75, 3.05) is 13.1 Å². The number of hydrogen-bond donors (Lipinski definition) is 3. The van der Waals surface area contributed by atoms with Crippen LogP contribution in [0, 0.1) is 5.92 Å². The molecule has 3 N–H and O–H groups in total. The number of hydrogen-bond acceptors (Lipinski definition) is 5. The van der Waals surface area contributed by atoms with Gasteiger partial charge >= 0.3 is 0 Å². The molecule has 3 unspecified atom stereocenters. The van der Waals surface area contributed by atoms with E-state index in [2.05, 4.69) is 0 Å². The number of benzene rings is 1. The molecule has 1 saturated heterocycles. The molecule has 6 heteroatoms. The van der Waals surface area contributed by atoms with Crippen molar-refractivity contribution in [3.05, 3.63) is 23.3 Å². The largest absolute Gasteiger partial charge is 0.504 e. The minimum Gasteiger partial charge on any atom is -0.504 e. The van der Waals surface area contributed by atoms with E-state index in [-0.39, 0.29) is 28.6 Å². The number of phenolic OH excluding ortho intramolecular Hbond substituents is 1. The van der Waals surface area contributed by atoms with Crippen LogP contribution in [0.5, 0.6) is 11.5 Å². The number of Topliss-reactive ketones (excluding diaryl/α,β-unsaturated/α-hetero) is 1. The normalized spacial score (nSPS) is 45.2. The van der Waals surface area contributed by atoms with E-state index in [1.807, 2.05) is 6.07 Å². The van der Waals surface area contributed by atoms with Gasteiger partial charge in [-0.2, -0.15) is 4.65 Å². The first-order valence-electron chi connectivity index (χ1n) is 9.76. The predicted octanol–water partition coefficient (Wildman–Crippen LogP) is 1.43. The third kappa shape index (κ3) is 1.54. The van der Waals surface area contributed by atoms with E-state index in [0.29, 0.717) is 44.0 Å². The Morgan fingerprint density at radius 2 is 2.08 bits per heavy atom. The SMILES string of the molecule is O=C1CCC2(O)C3Cc4ccc(O)c5c4[C@]2(CC[N@+]3(O)CC2CC2)C1O5. The number of ether oxygens (including phenoxy) is 1. The zero-order valence-electron chi connectivity index (χ0n) is 14.6. The van der Waals surface area contributed by atoms with Crippen molar-refractivity contribution in [2.24, 2.45) is 5.92 Å². The molecular weight excluding hydrogens is 334 g/mol. The van der Waals surface area contributed by atoms with Gasteiger partial charge in [-0.25, -0.2) is 5.21 Å². The van der Waals surface area contributed by atoms with Crippen molar-refractivity contribution in [1.82, 2.24) is 0 Å². The van der Waals surface area contributed by atoms with E-state index < -0.39 is 17.1 Å². The first kappa shape index (κ1) is 15.4. The van der Waals surface area contributed by atoms with Gasteiger partial charge in [-0.3, -0.25) is 4.79 Å². The Bertz CT molecular complexity index is 851. The molecular formula is C20H24NO5+. The second kappa shape index (κ2) is 4.43. The van der Waals surface area contributed by atoms with Gasteiger partial charge in [0, 0.05) is 30.7 Å². The fourth-order valence-corrected chi connectivity index (χ4v) is 6.57. The highest BCUT2D eigenvalue weighted by Crippen LogP contribution is 2.65. The summed E-state index contributed by atoms with van der Waals surface area (Å²) in [6.07, 6.45) is 3.21. The van der Waals surface area contributed by atoms with Crippen LogP contribution < -0.4 is 4.74 Å². The zero-order valence-corrected chi connectivity index (χ0v) is 14.6. The number of aliphatic hydroxyl groups is 1. The van der Waals surface area contributed by atoms with Crippen molar-refractivity contribution < 1.29 is 29.6 Å². The predicted molar refractivity (Wildman–Crippen MR) is 90.0 cm³/mol. The van der Waals surface area contributed by atoms with Gasteiger partial charge in [0.05, 0.1) is 5.41 Å². The van der Waals surface area contributed by atoms with Crippen LogP contribution in [0.2, 0.25) is 0 Å². The van der Waals surface area contributed by atoms with Crippen molar-refractivity contribution >= 4 is 5.78 Å². The van der Waals surface area contributed by atoms with Crippen LogP contribution in [0.4, 0.5) is 0 Å². The topological polar surface area (TPSA) is 87.0 Å². The van der Waals surface area contributed by atoms with Gasteiger partial charge in [0.15, 0.2) is 29.4 Å². The zero-order chi connectivity index (χ0) is 17.9. The summed E-state index contributed by atoms with van der Waals surface area (Å²) in [5.74, 6) is 0.946. The fourth-order valence-electron chi connectivity index (χ4n) is 6.57. The van der Waals surface area contributed by atoms with Gasteiger partial charge in [-0.15, -0.1) is 0 Å². The van der Waals surface area contributed by atoms with E-state index in [4.69, 9.17) is 4.74 Å². The maximum Gasteiger partial charge on any atom is 0.174 e. The Hall–Kier alpha value is -1.63. The molecule has 6 rings (SSSR count). The molecule has 0 amide bonds. The molecule has 2 bridgehead atoms. The third-order valence-electron chi connectivity index (χ3n) is 7.88. The smallest absolute Gasteiger partial charge is 0.174 e. The lowest BCUT2D eigenvalue weighted by molar-refractivity contribution is -1.13. The molecule has 3 aliphatic carbocycles. The lowest BCUT2D eigenvalue weighted by atomic mass is 9.49. The van der Waals surface area contributed by atoms with Gasteiger partial charge < -0.3 is 14.9 Å². The average Bonchev–Trinajstić information content (AvgIpc) is 3.32. The monoisotopic (exact) mass is 358 g/mol. The standard InChI is InChI=1S/C20H23NO5/c22-13-4-3-12-9-15-20(24)6-5-14(23)18-19(20,16(12)17(13)26-18)7-8-21(15,25)10-11-1-2-11/h3-4,11,15,18,24-25H,1-2,5-10H2/p+1/t15?,18?,19-,20?,21+/m1/s1. The Morgan fingerprint density at radius 3 is 2.85 bits per heavy atom. The number of phenols is 1. The van der Waals surface area contributed by atoms with Gasteiger partial charge in [0.2, 0.25) is 0 Å². The number of hydroxylamine groups is 3.